The Balaban J connectivity index is 0.000000605. The standard InChI is InChI=1S/C13H8N4O.C10H9NO.C3HN3O.Cl2OS.Na/c1-15-13(8-14)17-18-9-10-4-5-12-11(7-10)3-2-6-16-12;12-7-8-3-4-10-9(6-8)2-1-5-11-10;1-5-3(2-4)6-7;1-4(2)3;/h2-7H,9H2;1-6,12H,7H2;7H;;/q;;;;+1/p-1/b17-13+;;6-3+;;. The topological polar surface area (TPSA) is 176 Å². The van der Waals surface area contributed by atoms with E-state index in [1.165, 1.54) is 6.07 Å². The Bertz CT molecular complexity index is 1680. The van der Waals surface area contributed by atoms with E-state index in [2.05, 4.69) is 51.3 Å². The summed E-state index contributed by atoms with van der Waals surface area (Å²) >= 11 is 0. The number of aliphatic hydroxyl groups is 1. The molecule has 0 saturated heterocycles. The van der Waals surface area contributed by atoms with Crippen LogP contribution < -0.4 is 29.6 Å². The summed E-state index contributed by atoms with van der Waals surface area (Å²) in [4.78, 5) is 18.7. The van der Waals surface area contributed by atoms with E-state index in [9.17, 15) is 5.21 Å². The predicted molar refractivity (Wildman–Crippen MR) is 157 cm³/mol. The number of aliphatic hydroxyl groups excluding tert-OH is 1. The molecule has 0 aliphatic rings. The minimum atomic E-state index is -1.67. The molecule has 4 aromatic rings. The van der Waals surface area contributed by atoms with Crippen molar-refractivity contribution in [2.45, 2.75) is 13.2 Å². The van der Waals surface area contributed by atoms with Crippen molar-refractivity contribution in [2.75, 3.05) is 0 Å². The quantitative estimate of drug-likeness (QED) is 0.0893. The Morgan fingerprint density at radius 3 is 1.83 bits per heavy atom. The van der Waals surface area contributed by atoms with Gasteiger partial charge in [0.25, 0.3) is 0 Å². The van der Waals surface area contributed by atoms with Crippen LogP contribution in [0.5, 0.6) is 0 Å². The van der Waals surface area contributed by atoms with E-state index in [0.29, 0.717) is 0 Å². The van der Waals surface area contributed by atoms with Crippen molar-refractivity contribution in [2.24, 2.45) is 10.3 Å². The summed E-state index contributed by atoms with van der Waals surface area (Å²) in [7, 11) is 7.36. The Kier molecular flexibility index (Phi) is 20.3. The maximum atomic E-state index is 9.24. The number of aromatic nitrogens is 2. The van der Waals surface area contributed by atoms with Gasteiger partial charge in [-0.25, -0.2) is 14.7 Å². The average molecular weight is 631 g/mol. The van der Waals surface area contributed by atoms with Crippen LogP contribution in [0.15, 0.2) is 83.4 Å². The van der Waals surface area contributed by atoms with Crippen LogP contribution in [0.4, 0.5) is 0 Å². The molecule has 206 valence electrons. The van der Waals surface area contributed by atoms with E-state index < -0.39 is 15.1 Å². The van der Waals surface area contributed by atoms with Gasteiger partial charge in [-0.15, -0.1) is 5.16 Å². The van der Waals surface area contributed by atoms with Crippen LogP contribution in [0, 0.1) is 41.0 Å². The van der Waals surface area contributed by atoms with E-state index in [0.717, 1.165) is 32.9 Å². The molecule has 0 saturated carbocycles. The van der Waals surface area contributed by atoms with Gasteiger partial charge in [-0.05, 0) is 47.5 Å². The molecule has 16 heteroatoms. The molecule has 0 bridgehead atoms. The Morgan fingerprint density at radius 2 is 1.43 bits per heavy atom. The van der Waals surface area contributed by atoms with Crippen LogP contribution in [0.3, 0.4) is 0 Å². The van der Waals surface area contributed by atoms with Crippen molar-refractivity contribution >= 4 is 64.1 Å². The van der Waals surface area contributed by atoms with Gasteiger partial charge in [0, 0.05) is 44.5 Å². The second-order valence-corrected chi connectivity index (χ2v) is 9.48. The number of hydrogen-bond acceptors (Lipinski definition) is 10. The molecule has 0 radical (unpaired) electrons. The van der Waals surface area contributed by atoms with E-state index in [-0.39, 0.29) is 48.6 Å². The number of rotatable bonds is 4. The zero-order valence-electron chi connectivity index (χ0n) is 21.8. The first-order valence-corrected chi connectivity index (χ1v) is 13.6. The molecule has 2 heterocycles. The van der Waals surface area contributed by atoms with Crippen molar-refractivity contribution in [3.63, 3.8) is 0 Å². The number of oxime groups is 1. The van der Waals surface area contributed by atoms with E-state index in [4.69, 9.17) is 37.8 Å². The van der Waals surface area contributed by atoms with Gasteiger partial charge in [0.2, 0.25) is 9.23 Å². The summed E-state index contributed by atoms with van der Waals surface area (Å²) in [5.41, 5.74) is 3.70. The van der Waals surface area contributed by atoms with Gasteiger partial charge in [0.05, 0.1) is 22.8 Å². The summed E-state index contributed by atoms with van der Waals surface area (Å²) in [6.07, 6.45) is 3.50. The van der Waals surface area contributed by atoms with Gasteiger partial charge in [-0.2, -0.15) is 0 Å². The third kappa shape index (κ3) is 15.0. The monoisotopic (exact) mass is 630 g/mol. The average Bonchev–Trinajstić information content (AvgIpc) is 3.00. The SMILES string of the molecule is O=S(Cl)Cl.OCc1ccc2ncccc2c1.[C-]#[N+]/C(C#N)=N/OCc1ccc2ncccc2c1.[C-]#[N+]/C(C#N)=N/[O-].[Na+]. The van der Waals surface area contributed by atoms with Gasteiger partial charge in [0.15, 0.2) is 6.61 Å². The van der Waals surface area contributed by atoms with Gasteiger partial charge in [-0.1, -0.05) is 37.4 Å². The molecule has 1 N–H and O–H groups in total. The maximum Gasteiger partial charge on any atom is 1.00 e. The predicted octanol–water partition coefficient (Wildman–Crippen LogP) is 2.61. The third-order valence-corrected chi connectivity index (χ3v) is 4.40. The van der Waals surface area contributed by atoms with Crippen LogP contribution in [0.25, 0.3) is 31.5 Å². The third-order valence-electron chi connectivity index (χ3n) is 4.40. The van der Waals surface area contributed by atoms with Crippen molar-refractivity contribution in [1.82, 2.24) is 9.97 Å². The fourth-order valence-corrected chi connectivity index (χ4v) is 2.74. The number of nitrogens with zero attached hydrogens (tertiary/aromatic N) is 8. The number of amidine groups is 2. The molecule has 4 rings (SSSR count). The summed E-state index contributed by atoms with van der Waals surface area (Å²) in [6.45, 7) is 13.0. The van der Waals surface area contributed by atoms with Crippen molar-refractivity contribution in [3.8, 4) is 12.1 Å². The largest absolute Gasteiger partial charge is 1.00 e. The number of nitriles is 2. The Morgan fingerprint density at radius 1 is 0.952 bits per heavy atom. The summed E-state index contributed by atoms with van der Waals surface area (Å²) in [5, 5.41) is 41.9. The minimum absolute atomic E-state index is 0. The Hall–Kier alpha value is -4.15. The van der Waals surface area contributed by atoms with E-state index in [1.807, 2.05) is 60.7 Å². The molecule has 0 aliphatic heterocycles. The molecule has 0 amide bonds. The number of pyridine rings is 2. The number of benzene rings is 2. The fourth-order valence-electron chi connectivity index (χ4n) is 2.74. The zero-order valence-corrected chi connectivity index (χ0v) is 26.1. The van der Waals surface area contributed by atoms with E-state index >= 15 is 0 Å². The summed E-state index contributed by atoms with van der Waals surface area (Å²) in [6, 6.07) is 22.0. The fraction of sp³-hybridized carbons (Fsp3) is 0.0769. The molecule has 2 aromatic carbocycles. The summed E-state index contributed by atoms with van der Waals surface area (Å²) < 4.78 is 9.09. The molecular formula is C26H17Cl2N8NaO4S. The van der Waals surface area contributed by atoms with Gasteiger partial charge < -0.3 is 24.8 Å². The molecule has 0 unspecified atom stereocenters. The van der Waals surface area contributed by atoms with Crippen molar-refractivity contribution in [3.05, 3.63) is 112 Å². The summed E-state index contributed by atoms with van der Waals surface area (Å²) in [5.74, 6) is -0.961. The normalized spacial score (nSPS) is 9.90. The second kappa shape index (κ2) is 22.5. The first-order chi connectivity index (χ1) is 19.8. The van der Waals surface area contributed by atoms with Crippen LogP contribution in [-0.4, -0.2) is 31.0 Å². The first-order valence-electron chi connectivity index (χ1n) is 10.8. The van der Waals surface area contributed by atoms with Crippen molar-refractivity contribution < 1.29 is 43.7 Å². The van der Waals surface area contributed by atoms with Gasteiger partial charge >= 0.3 is 41.2 Å². The molecule has 0 aliphatic carbocycles. The minimum Gasteiger partial charge on any atom is -0.691 e. The number of hydrogen-bond donors (Lipinski definition) is 1. The number of halogens is 2. The smallest absolute Gasteiger partial charge is 0.691 e. The molecular weight excluding hydrogens is 614 g/mol. The van der Waals surface area contributed by atoms with Crippen molar-refractivity contribution in [1.29, 1.82) is 10.5 Å². The zero-order chi connectivity index (χ0) is 30.5. The maximum absolute atomic E-state index is 9.24. The van der Waals surface area contributed by atoms with Crippen LogP contribution in [-0.2, 0) is 27.3 Å². The first kappa shape index (κ1) is 37.9. The van der Waals surface area contributed by atoms with Gasteiger partial charge in [0.1, 0.15) is 12.1 Å². The number of fused-ring (bicyclic) bond motifs is 2. The van der Waals surface area contributed by atoms with E-state index in [1.54, 1.807) is 18.5 Å². The molecule has 0 spiro atoms. The molecule has 0 atom stereocenters. The molecule has 12 nitrogen and oxygen atoms in total. The van der Waals surface area contributed by atoms with Gasteiger partial charge in [-0.3, -0.25) is 9.97 Å². The van der Waals surface area contributed by atoms with Crippen LogP contribution in [0.1, 0.15) is 11.1 Å². The van der Waals surface area contributed by atoms with Crippen LogP contribution in [0.2, 0.25) is 0 Å². The molecule has 2 aromatic heterocycles. The van der Waals surface area contributed by atoms with Crippen LogP contribution >= 0.6 is 21.4 Å². The molecule has 0 fully saturated rings. The molecule has 42 heavy (non-hydrogen) atoms. The second-order valence-electron chi connectivity index (χ2n) is 6.95. The Labute approximate surface area is 274 Å².